The van der Waals surface area contributed by atoms with Gasteiger partial charge >= 0.3 is 5.97 Å². The molecule has 0 aromatic carbocycles. The molecule has 0 saturated carbocycles. The van der Waals surface area contributed by atoms with Gasteiger partial charge in [-0.25, -0.2) is 4.79 Å². The fourth-order valence-electron chi connectivity index (χ4n) is 2.29. The van der Waals surface area contributed by atoms with Gasteiger partial charge in [0.15, 0.2) is 0 Å². The van der Waals surface area contributed by atoms with E-state index in [4.69, 9.17) is 0 Å². The number of hydrogen-bond donors (Lipinski definition) is 0. The molecule has 0 atom stereocenters. The molecule has 0 radical (unpaired) electrons. The van der Waals surface area contributed by atoms with Crippen LogP contribution in [0.1, 0.15) is 78.1 Å². The van der Waals surface area contributed by atoms with Gasteiger partial charge in [0.1, 0.15) is 0 Å². The standard InChI is InChI=1S/C17H32O2/c1-4-6-8-10-12-16(13-11-9-7-5-2)14-15-17(18)19-3/h14-16H,4-13H2,1-3H3/b15-14+. The van der Waals surface area contributed by atoms with E-state index in [9.17, 15) is 4.79 Å². The van der Waals surface area contributed by atoms with Crippen molar-refractivity contribution in [3.8, 4) is 0 Å². The van der Waals surface area contributed by atoms with Crippen LogP contribution in [0.5, 0.6) is 0 Å². The number of carbonyl (C=O) groups excluding carboxylic acids is 1. The fourth-order valence-corrected chi connectivity index (χ4v) is 2.29. The third-order valence-electron chi connectivity index (χ3n) is 3.56. The predicted octanol–water partition coefficient (Wildman–Crippen LogP) is 5.27. The largest absolute Gasteiger partial charge is 0.466 e. The number of rotatable bonds is 12. The van der Waals surface area contributed by atoms with E-state index in [0.717, 1.165) is 0 Å². The maximum atomic E-state index is 11.2. The van der Waals surface area contributed by atoms with Crippen molar-refractivity contribution in [1.29, 1.82) is 0 Å². The van der Waals surface area contributed by atoms with E-state index < -0.39 is 0 Å². The van der Waals surface area contributed by atoms with Gasteiger partial charge < -0.3 is 4.74 Å². The molecular weight excluding hydrogens is 236 g/mol. The molecule has 0 unspecified atom stereocenters. The molecule has 0 aromatic heterocycles. The lowest BCUT2D eigenvalue weighted by Crippen LogP contribution is -2.00. The van der Waals surface area contributed by atoms with E-state index in [1.807, 2.05) is 0 Å². The van der Waals surface area contributed by atoms with Crippen LogP contribution in [0.3, 0.4) is 0 Å². The highest BCUT2D eigenvalue weighted by Crippen LogP contribution is 2.19. The van der Waals surface area contributed by atoms with E-state index in [2.05, 4.69) is 24.7 Å². The quantitative estimate of drug-likeness (QED) is 0.274. The van der Waals surface area contributed by atoms with Crippen LogP contribution in [-0.4, -0.2) is 13.1 Å². The van der Waals surface area contributed by atoms with Crippen LogP contribution in [0, 0.1) is 5.92 Å². The highest BCUT2D eigenvalue weighted by molar-refractivity contribution is 5.81. The average molecular weight is 268 g/mol. The van der Waals surface area contributed by atoms with Crippen molar-refractivity contribution in [3.05, 3.63) is 12.2 Å². The maximum absolute atomic E-state index is 11.2. The molecule has 0 N–H and O–H groups in total. The molecule has 0 spiro atoms. The van der Waals surface area contributed by atoms with Gasteiger partial charge in [0, 0.05) is 6.08 Å². The minimum atomic E-state index is -0.230. The molecule has 0 aliphatic carbocycles. The molecule has 112 valence electrons. The van der Waals surface area contributed by atoms with E-state index in [0.29, 0.717) is 5.92 Å². The monoisotopic (exact) mass is 268 g/mol. The Kier molecular flexibility index (Phi) is 13.1. The molecule has 0 fully saturated rings. The van der Waals surface area contributed by atoms with Crippen LogP contribution in [0.15, 0.2) is 12.2 Å². The second-order valence-electron chi connectivity index (χ2n) is 5.34. The first-order valence-electron chi connectivity index (χ1n) is 8.00. The minimum absolute atomic E-state index is 0.230. The Balaban J connectivity index is 3.99. The molecule has 19 heavy (non-hydrogen) atoms. The Bertz CT molecular complexity index is 221. The Morgan fingerprint density at radius 2 is 1.47 bits per heavy atom. The lowest BCUT2D eigenvalue weighted by Gasteiger charge is -2.12. The summed E-state index contributed by atoms with van der Waals surface area (Å²) in [7, 11) is 1.43. The summed E-state index contributed by atoms with van der Waals surface area (Å²) in [5.74, 6) is 0.319. The molecule has 0 rings (SSSR count). The highest BCUT2D eigenvalue weighted by Gasteiger charge is 2.05. The van der Waals surface area contributed by atoms with Gasteiger partial charge in [-0.05, 0) is 18.8 Å². The molecule has 0 heterocycles. The number of allylic oxidation sites excluding steroid dienone is 1. The van der Waals surface area contributed by atoms with Gasteiger partial charge in [-0.1, -0.05) is 71.3 Å². The summed E-state index contributed by atoms with van der Waals surface area (Å²) in [5.41, 5.74) is 0. The Labute approximate surface area is 119 Å². The summed E-state index contributed by atoms with van der Waals surface area (Å²) >= 11 is 0. The normalized spacial score (nSPS) is 11.4. The van der Waals surface area contributed by atoms with Gasteiger partial charge in [0.05, 0.1) is 7.11 Å². The number of methoxy groups -OCH3 is 1. The van der Waals surface area contributed by atoms with E-state index in [1.165, 1.54) is 71.3 Å². The molecule has 0 saturated heterocycles. The first kappa shape index (κ1) is 18.2. The van der Waals surface area contributed by atoms with Gasteiger partial charge in [0.25, 0.3) is 0 Å². The van der Waals surface area contributed by atoms with Crippen LogP contribution < -0.4 is 0 Å². The van der Waals surface area contributed by atoms with E-state index >= 15 is 0 Å². The molecule has 0 bridgehead atoms. The number of ether oxygens (including phenoxy) is 1. The molecule has 0 aromatic rings. The summed E-state index contributed by atoms with van der Waals surface area (Å²) in [6, 6.07) is 0. The zero-order valence-corrected chi connectivity index (χ0v) is 13.1. The van der Waals surface area contributed by atoms with Crippen molar-refractivity contribution in [2.75, 3.05) is 7.11 Å². The smallest absolute Gasteiger partial charge is 0.330 e. The first-order chi connectivity index (χ1) is 9.24. The third-order valence-corrected chi connectivity index (χ3v) is 3.56. The number of unbranched alkanes of at least 4 members (excludes halogenated alkanes) is 6. The predicted molar refractivity (Wildman–Crippen MR) is 82.2 cm³/mol. The summed E-state index contributed by atoms with van der Waals surface area (Å²) in [4.78, 5) is 11.2. The zero-order valence-electron chi connectivity index (χ0n) is 13.1. The average Bonchev–Trinajstić information content (AvgIpc) is 2.44. The molecular formula is C17H32O2. The van der Waals surface area contributed by atoms with E-state index in [1.54, 1.807) is 6.08 Å². The highest BCUT2D eigenvalue weighted by atomic mass is 16.5. The lowest BCUT2D eigenvalue weighted by molar-refractivity contribution is -0.134. The van der Waals surface area contributed by atoms with Crippen molar-refractivity contribution in [1.82, 2.24) is 0 Å². The lowest BCUT2D eigenvalue weighted by atomic mass is 9.94. The maximum Gasteiger partial charge on any atom is 0.330 e. The van der Waals surface area contributed by atoms with Crippen molar-refractivity contribution in [2.24, 2.45) is 5.92 Å². The summed E-state index contributed by atoms with van der Waals surface area (Å²) < 4.78 is 4.66. The first-order valence-corrected chi connectivity index (χ1v) is 8.00. The van der Waals surface area contributed by atoms with Gasteiger partial charge in [-0.15, -0.1) is 0 Å². The summed E-state index contributed by atoms with van der Waals surface area (Å²) in [6.07, 6.45) is 16.5. The Morgan fingerprint density at radius 1 is 0.947 bits per heavy atom. The second kappa shape index (κ2) is 13.6. The molecule has 2 nitrogen and oxygen atoms in total. The minimum Gasteiger partial charge on any atom is -0.466 e. The Morgan fingerprint density at radius 3 is 1.89 bits per heavy atom. The number of esters is 1. The van der Waals surface area contributed by atoms with Crippen molar-refractivity contribution in [2.45, 2.75) is 78.1 Å². The number of hydrogen-bond acceptors (Lipinski definition) is 2. The molecule has 0 amide bonds. The van der Waals surface area contributed by atoms with Crippen LogP contribution in [-0.2, 0) is 9.53 Å². The van der Waals surface area contributed by atoms with Gasteiger partial charge in [0.2, 0.25) is 0 Å². The summed E-state index contributed by atoms with van der Waals surface area (Å²) in [5, 5.41) is 0. The molecule has 0 aliphatic heterocycles. The van der Waals surface area contributed by atoms with Crippen molar-refractivity contribution < 1.29 is 9.53 Å². The SMILES string of the molecule is CCCCCCC(/C=C/C(=O)OC)CCCCCC. The topological polar surface area (TPSA) is 26.3 Å². The number of carbonyl (C=O) groups is 1. The van der Waals surface area contributed by atoms with Crippen LogP contribution in [0.2, 0.25) is 0 Å². The second-order valence-corrected chi connectivity index (χ2v) is 5.34. The van der Waals surface area contributed by atoms with Gasteiger partial charge in [-0.3, -0.25) is 0 Å². The van der Waals surface area contributed by atoms with Crippen molar-refractivity contribution >= 4 is 5.97 Å². The van der Waals surface area contributed by atoms with E-state index in [-0.39, 0.29) is 5.97 Å². The van der Waals surface area contributed by atoms with Crippen LogP contribution >= 0.6 is 0 Å². The summed E-state index contributed by atoms with van der Waals surface area (Å²) in [6.45, 7) is 4.47. The molecule has 0 aliphatic rings. The third kappa shape index (κ3) is 12.0. The Hall–Kier alpha value is -0.790. The molecule has 2 heteroatoms. The van der Waals surface area contributed by atoms with Crippen molar-refractivity contribution in [3.63, 3.8) is 0 Å². The zero-order chi connectivity index (χ0) is 14.3. The van der Waals surface area contributed by atoms with Crippen LogP contribution in [0.4, 0.5) is 0 Å². The van der Waals surface area contributed by atoms with Gasteiger partial charge in [-0.2, -0.15) is 0 Å². The van der Waals surface area contributed by atoms with Crippen LogP contribution in [0.25, 0.3) is 0 Å². The fraction of sp³-hybridized carbons (Fsp3) is 0.824.